The van der Waals surface area contributed by atoms with Crippen molar-refractivity contribution in [3.63, 3.8) is 0 Å². The molecule has 6 heteroatoms. The molecule has 4 aliphatic carbocycles. The maximum absolute atomic E-state index is 11.7. The second kappa shape index (κ2) is 10.8. The highest BCUT2D eigenvalue weighted by Crippen LogP contribution is 2.65. The molecular weight excluding hydrogens is 490 g/mol. The molecule has 0 bridgehead atoms. The Bertz CT molecular complexity index is 1110. The fourth-order valence-electron chi connectivity index (χ4n) is 8.86. The molecule has 1 aliphatic heterocycles. The van der Waals surface area contributed by atoms with E-state index >= 15 is 0 Å². The van der Waals surface area contributed by atoms with Gasteiger partial charge in [-0.3, -0.25) is 4.90 Å². The maximum atomic E-state index is 11.7. The van der Waals surface area contributed by atoms with Crippen LogP contribution in [0.1, 0.15) is 64.4 Å². The van der Waals surface area contributed by atoms with Crippen LogP contribution in [0.2, 0.25) is 0 Å². The van der Waals surface area contributed by atoms with Gasteiger partial charge in [0.15, 0.2) is 11.5 Å². The van der Waals surface area contributed by atoms with Crippen LogP contribution in [-0.2, 0) is 4.74 Å². The van der Waals surface area contributed by atoms with E-state index in [1.165, 1.54) is 12.0 Å². The Morgan fingerprint density at radius 2 is 1.87 bits per heavy atom. The summed E-state index contributed by atoms with van der Waals surface area (Å²) in [7, 11) is 1.69. The molecule has 0 aromatic heterocycles. The third kappa shape index (κ3) is 4.96. The van der Waals surface area contributed by atoms with Crippen LogP contribution in [0.5, 0.6) is 11.5 Å². The average Bonchev–Trinajstić information content (AvgIpc) is 3.20. The molecule has 1 saturated heterocycles. The largest absolute Gasteiger partial charge is 0.493 e. The predicted molar refractivity (Wildman–Crippen MR) is 153 cm³/mol. The number of rotatable bonds is 6. The van der Waals surface area contributed by atoms with E-state index in [2.05, 4.69) is 37.0 Å². The number of ether oxygens (including phenoxy) is 3. The molecule has 1 aromatic rings. The average molecular weight is 538 g/mol. The third-order valence-corrected chi connectivity index (χ3v) is 11.3. The number of benzene rings is 1. The molecule has 1 heterocycles. The van der Waals surface area contributed by atoms with E-state index in [0.717, 1.165) is 94.0 Å². The van der Waals surface area contributed by atoms with Crippen molar-refractivity contribution in [1.82, 2.24) is 4.90 Å². The standard InChI is InChI=1S/C33H47NO5/c1-32-10-8-25(35)21-24(32)5-6-26-27(32)9-11-33(2)28(26)20-23(31(33)36)18-22-4-7-29(30(19-22)37-3)39-17-14-34-12-15-38-16-13-34/h4-5,7,18-19,25-28,31,35-36H,6,8-17,20-21H2,1-3H3/b23-18+/t25-,26+,27-,28-,31-,32-,33-/m0/s1. The molecule has 214 valence electrons. The summed E-state index contributed by atoms with van der Waals surface area (Å²) in [5.41, 5.74) is 3.85. The van der Waals surface area contributed by atoms with Gasteiger partial charge >= 0.3 is 0 Å². The lowest BCUT2D eigenvalue weighted by atomic mass is 9.48. The highest BCUT2D eigenvalue weighted by atomic mass is 16.5. The number of hydrogen-bond acceptors (Lipinski definition) is 6. The maximum Gasteiger partial charge on any atom is 0.161 e. The first-order chi connectivity index (χ1) is 18.8. The zero-order valence-electron chi connectivity index (χ0n) is 24.0. The first kappa shape index (κ1) is 27.3. The highest BCUT2D eigenvalue weighted by molar-refractivity contribution is 5.60. The molecule has 6 rings (SSSR count). The summed E-state index contributed by atoms with van der Waals surface area (Å²) in [6.07, 6.45) is 11.2. The van der Waals surface area contributed by atoms with Crippen LogP contribution in [0.25, 0.3) is 6.08 Å². The number of aliphatic hydroxyl groups is 2. The van der Waals surface area contributed by atoms with Crippen molar-refractivity contribution in [1.29, 1.82) is 0 Å². The van der Waals surface area contributed by atoms with Crippen LogP contribution >= 0.6 is 0 Å². The zero-order valence-corrected chi connectivity index (χ0v) is 24.0. The summed E-state index contributed by atoms with van der Waals surface area (Å²) < 4.78 is 17.2. The number of fused-ring (bicyclic) bond motifs is 5. The molecule has 0 spiro atoms. The van der Waals surface area contributed by atoms with E-state index in [9.17, 15) is 10.2 Å². The Labute approximate surface area is 234 Å². The molecule has 4 fully saturated rings. The summed E-state index contributed by atoms with van der Waals surface area (Å²) in [5.74, 6) is 3.25. The van der Waals surface area contributed by atoms with E-state index < -0.39 is 6.10 Å². The Kier molecular flexibility index (Phi) is 7.60. The fourth-order valence-corrected chi connectivity index (χ4v) is 8.86. The molecule has 2 N–H and O–H groups in total. The normalized spacial score (nSPS) is 39.5. The molecule has 3 saturated carbocycles. The number of aliphatic hydroxyl groups excluding tert-OH is 2. The lowest BCUT2D eigenvalue weighted by Gasteiger charge is -2.57. The Morgan fingerprint density at radius 3 is 2.67 bits per heavy atom. The van der Waals surface area contributed by atoms with Crippen molar-refractivity contribution in [2.75, 3.05) is 46.6 Å². The van der Waals surface area contributed by atoms with Gasteiger partial charge in [0.05, 0.1) is 32.5 Å². The number of methoxy groups -OCH3 is 1. The molecule has 0 radical (unpaired) electrons. The van der Waals surface area contributed by atoms with Gasteiger partial charge in [-0.15, -0.1) is 0 Å². The molecule has 0 unspecified atom stereocenters. The smallest absolute Gasteiger partial charge is 0.161 e. The SMILES string of the molecule is COc1cc(/C=C2\C[C@H]3[C@@H]4CC=C5C[C@@H](O)CC[C@]5(C)[C@H]4CC[C@]3(C)[C@H]2O)ccc1OCCN1CCOCC1. The van der Waals surface area contributed by atoms with Gasteiger partial charge in [-0.05, 0) is 91.4 Å². The summed E-state index contributed by atoms with van der Waals surface area (Å²) in [6, 6.07) is 6.13. The molecular formula is C33H47NO5. The Morgan fingerprint density at radius 1 is 1.05 bits per heavy atom. The van der Waals surface area contributed by atoms with Crippen LogP contribution < -0.4 is 9.47 Å². The van der Waals surface area contributed by atoms with E-state index in [1.54, 1.807) is 7.11 Å². The van der Waals surface area contributed by atoms with Gasteiger partial charge in [0, 0.05) is 25.0 Å². The summed E-state index contributed by atoms with van der Waals surface area (Å²) in [6.45, 7) is 9.78. The van der Waals surface area contributed by atoms with Crippen LogP contribution in [-0.4, -0.2) is 73.9 Å². The van der Waals surface area contributed by atoms with Gasteiger partial charge in [0.1, 0.15) is 6.61 Å². The number of morpholine rings is 1. The van der Waals surface area contributed by atoms with Gasteiger partial charge in [0.2, 0.25) is 0 Å². The van der Waals surface area contributed by atoms with Crippen LogP contribution in [0.3, 0.4) is 0 Å². The van der Waals surface area contributed by atoms with Crippen molar-refractivity contribution in [2.24, 2.45) is 28.6 Å². The lowest BCUT2D eigenvalue weighted by molar-refractivity contribution is -0.0685. The molecule has 7 atom stereocenters. The lowest BCUT2D eigenvalue weighted by Crippen LogP contribution is -2.51. The van der Waals surface area contributed by atoms with Crippen molar-refractivity contribution in [3.8, 4) is 11.5 Å². The number of nitrogens with zero attached hydrogens (tertiary/aromatic N) is 1. The molecule has 5 aliphatic rings. The minimum atomic E-state index is -0.412. The minimum Gasteiger partial charge on any atom is -0.493 e. The van der Waals surface area contributed by atoms with Gasteiger partial charge in [-0.1, -0.05) is 37.6 Å². The topological polar surface area (TPSA) is 71.4 Å². The van der Waals surface area contributed by atoms with E-state index in [-0.39, 0.29) is 16.9 Å². The third-order valence-electron chi connectivity index (χ3n) is 11.3. The molecule has 0 amide bonds. The molecule has 39 heavy (non-hydrogen) atoms. The predicted octanol–water partition coefficient (Wildman–Crippen LogP) is 5.08. The van der Waals surface area contributed by atoms with Gasteiger partial charge in [-0.25, -0.2) is 0 Å². The summed E-state index contributed by atoms with van der Waals surface area (Å²) in [4.78, 5) is 2.36. The first-order valence-corrected chi connectivity index (χ1v) is 15.2. The van der Waals surface area contributed by atoms with E-state index in [1.807, 2.05) is 12.1 Å². The zero-order chi connectivity index (χ0) is 27.2. The Hall–Kier alpha value is -1.86. The van der Waals surface area contributed by atoms with Crippen molar-refractivity contribution >= 4 is 6.08 Å². The number of hydrogen-bond donors (Lipinski definition) is 2. The highest BCUT2D eigenvalue weighted by Gasteiger charge is 2.59. The van der Waals surface area contributed by atoms with Crippen molar-refractivity contribution in [2.45, 2.75) is 71.0 Å². The van der Waals surface area contributed by atoms with E-state index in [4.69, 9.17) is 14.2 Å². The second-order valence-corrected chi connectivity index (χ2v) is 13.2. The van der Waals surface area contributed by atoms with E-state index in [0.29, 0.717) is 24.4 Å². The summed E-state index contributed by atoms with van der Waals surface area (Å²) >= 11 is 0. The van der Waals surface area contributed by atoms with Gasteiger partial charge in [0.25, 0.3) is 0 Å². The van der Waals surface area contributed by atoms with Crippen LogP contribution in [0.4, 0.5) is 0 Å². The van der Waals surface area contributed by atoms with Gasteiger partial charge < -0.3 is 24.4 Å². The summed E-state index contributed by atoms with van der Waals surface area (Å²) in [5, 5.41) is 22.0. The first-order valence-electron chi connectivity index (χ1n) is 15.2. The van der Waals surface area contributed by atoms with Crippen LogP contribution in [0.15, 0.2) is 35.4 Å². The quantitative estimate of drug-likeness (QED) is 0.493. The monoisotopic (exact) mass is 537 g/mol. The second-order valence-electron chi connectivity index (χ2n) is 13.2. The fraction of sp³-hybridized carbons (Fsp3) is 0.697. The van der Waals surface area contributed by atoms with Crippen molar-refractivity contribution < 1.29 is 24.4 Å². The molecule has 1 aromatic carbocycles. The minimum absolute atomic E-state index is 0.0739. The van der Waals surface area contributed by atoms with Gasteiger partial charge in [-0.2, -0.15) is 0 Å². The Balaban J connectivity index is 1.17. The van der Waals surface area contributed by atoms with Crippen molar-refractivity contribution in [3.05, 3.63) is 41.0 Å². The molecule has 6 nitrogen and oxygen atoms in total. The van der Waals surface area contributed by atoms with Crippen LogP contribution in [0, 0.1) is 28.6 Å². The number of allylic oxidation sites excluding steroid dienone is 1.